The summed E-state index contributed by atoms with van der Waals surface area (Å²) in [5.41, 5.74) is 0. The molecule has 1 saturated heterocycles. The maximum Gasteiger partial charge on any atom is 0.518 e. The van der Waals surface area contributed by atoms with Crippen molar-refractivity contribution in [1.29, 1.82) is 0 Å². The number of carbonyl (C=O) groups excluding carboxylic acids is 2. The second-order valence-corrected chi connectivity index (χ2v) is 2.56. The van der Waals surface area contributed by atoms with Crippen LogP contribution in [0.25, 0.3) is 0 Å². The van der Waals surface area contributed by atoms with Gasteiger partial charge in [-0.15, -0.1) is 0 Å². The third-order valence-corrected chi connectivity index (χ3v) is 1.48. The first kappa shape index (κ1) is 11.1. The van der Waals surface area contributed by atoms with Crippen molar-refractivity contribution >= 4 is 18.5 Å². The Morgan fingerprint density at radius 2 is 2.20 bits per heavy atom. The van der Waals surface area contributed by atoms with Gasteiger partial charge >= 0.3 is 18.5 Å². The Morgan fingerprint density at radius 3 is 2.87 bits per heavy atom. The van der Waals surface area contributed by atoms with Crippen molar-refractivity contribution in [3.8, 4) is 0 Å². The summed E-state index contributed by atoms with van der Waals surface area (Å²) in [6.45, 7) is -0.349. The van der Waals surface area contributed by atoms with E-state index < -0.39 is 24.6 Å². The molecule has 1 fully saturated rings. The molecule has 0 aromatic heterocycles. The van der Waals surface area contributed by atoms with E-state index in [0.717, 1.165) is 0 Å². The van der Waals surface area contributed by atoms with Crippen LogP contribution < -0.4 is 0 Å². The normalized spacial score (nSPS) is 20.7. The molecular formula is C7H8O8. The van der Waals surface area contributed by atoms with Crippen molar-refractivity contribution < 1.29 is 38.4 Å². The summed E-state index contributed by atoms with van der Waals surface area (Å²) in [5.74, 6) is 0. The van der Waals surface area contributed by atoms with Crippen molar-refractivity contribution in [1.82, 2.24) is 0 Å². The van der Waals surface area contributed by atoms with Gasteiger partial charge in [-0.3, -0.25) is 0 Å². The van der Waals surface area contributed by atoms with E-state index in [1.807, 2.05) is 0 Å². The number of rotatable bonds is 3. The van der Waals surface area contributed by atoms with Crippen LogP contribution in [0.15, 0.2) is 0 Å². The fraction of sp³-hybridized carbons (Fsp3) is 0.571. The minimum absolute atomic E-state index is 0.0919. The van der Waals surface area contributed by atoms with E-state index in [9.17, 15) is 14.4 Å². The van der Waals surface area contributed by atoms with Crippen LogP contribution in [0.4, 0.5) is 14.4 Å². The quantitative estimate of drug-likeness (QED) is 0.421. The maximum atomic E-state index is 10.7. The smallest absolute Gasteiger partial charge is 0.450 e. The molecule has 0 aromatic carbocycles. The van der Waals surface area contributed by atoms with E-state index in [2.05, 4.69) is 18.9 Å². The highest BCUT2D eigenvalue weighted by molar-refractivity contribution is 5.77. The first-order valence-corrected chi connectivity index (χ1v) is 3.99. The highest BCUT2D eigenvalue weighted by Gasteiger charge is 2.25. The predicted molar refractivity (Wildman–Crippen MR) is 41.3 cm³/mol. The first-order chi connectivity index (χ1) is 7.08. The third-order valence-electron chi connectivity index (χ3n) is 1.48. The molecule has 84 valence electrons. The fourth-order valence-corrected chi connectivity index (χ4v) is 0.873. The Kier molecular flexibility index (Phi) is 3.72. The van der Waals surface area contributed by atoms with Crippen LogP contribution in [-0.4, -0.2) is 42.9 Å². The van der Waals surface area contributed by atoms with Gasteiger partial charge in [-0.1, -0.05) is 0 Å². The molecule has 0 saturated carbocycles. The molecule has 1 unspecified atom stereocenters. The number of hydrogen-bond acceptors (Lipinski definition) is 7. The van der Waals surface area contributed by atoms with Gasteiger partial charge in [-0.25, -0.2) is 14.4 Å². The molecule has 1 rings (SSSR count). The molecular weight excluding hydrogens is 212 g/mol. The topological polar surface area (TPSA) is 108 Å². The second-order valence-electron chi connectivity index (χ2n) is 2.56. The van der Waals surface area contributed by atoms with E-state index in [1.165, 1.54) is 0 Å². The Hall–Kier alpha value is -1.99. The summed E-state index contributed by atoms with van der Waals surface area (Å²) in [6, 6.07) is 0. The molecule has 0 radical (unpaired) electrons. The summed E-state index contributed by atoms with van der Waals surface area (Å²) in [7, 11) is 0. The molecule has 8 nitrogen and oxygen atoms in total. The maximum absolute atomic E-state index is 10.7. The molecule has 0 aliphatic carbocycles. The van der Waals surface area contributed by atoms with Crippen LogP contribution in [-0.2, 0) is 18.9 Å². The number of cyclic esters (lactones) is 4. The van der Waals surface area contributed by atoms with Gasteiger partial charge in [0, 0.05) is 6.42 Å². The summed E-state index contributed by atoms with van der Waals surface area (Å²) in [6.07, 6.45) is -4.40. The summed E-state index contributed by atoms with van der Waals surface area (Å²) >= 11 is 0. The van der Waals surface area contributed by atoms with Crippen molar-refractivity contribution in [2.45, 2.75) is 12.5 Å². The summed E-state index contributed by atoms with van der Waals surface area (Å²) in [4.78, 5) is 31.2. The van der Waals surface area contributed by atoms with Gasteiger partial charge in [-0.2, -0.15) is 0 Å². The van der Waals surface area contributed by atoms with Crippen LogP contribution in [0.5, 0.6) is 0 Å². The molecule has 0 aromatic rings. The Bertz CT molecular complexity index is 272. The van der Waals surface area contributed by atoms with Crippen molar-refractivity contribution in [3.05, 3.63) is 0 Å². The molecule has 1 aliphatic rings. The Labute approximate surface area is 83.7 Å². The summed E-state index contributed by atoms with van der Waals surface area (Å²) in [5, 5.41) is 8.15. The number of carboxylic acid groups (broad SMARTS) is 1. The standard InChI is InChI=1S/C7H8O8/c8-5(9)12-2-1-4-3-13-6(10)15-7(11)14-4/h4H,1-3H2,(H,8,9). The zero-order valence-electron chi connectivity index (χ0n) is 7.50. The molecule has 0 spiro atoms. The van der Waals surface area contributed by atoms with Gasteiger partial charge in [0.05, 0.1) is 6.61 Å². The van der Waals surface area contributed by atoms with Crippen LogP contribution in [0, 0.1) is 0 Å². The van der Waals surface area contributed by atoms with Gasteiger partial charge in [0.1, 0.15) is 12.7 Å². The fourth-order valence-electron chi connectivity index (χ4n) is 0.873. The molecule has 15 heavy (non-hydrogen) atoms. The van der Waals surface area contributed by atoms with Gasteiger partial charge in [-0.05, 0) is 0 Å². The highest BCUT2D eigenvalue weighted by Crippen LogP contribution is 2.07. The average molecular weight is 220 g/mol. The highest BCUT2D eigenvalue weighted by atomic mass is 16.8. The lowest BCUT2D eigenvalue weighted by Gasteiger charge is -2.10. The number of hydrogen-bond donors (Lipinski definition) is 1. The van der Waals surface area contributed by atoms with Gasteiger partial charge in [0.2, 0.25) is 0 Å². The SMILES string of the molecule is O=C(O)OCCC1COC(=O)OC(=O)O1. The van der Waals surface area contributed by atoms with Crippen LogP contribution >= 0.6 is 0 Å². The van der Waals surface area contributed by atoms with E-state index in [4.69, 9.17) is 5.11 Å². The van der Waals surface area contributed by atoms with E-state index in [0.29, 0.717) is 0 Å². The lowest BCUT2D eigenvalue weighted by molar-refractivity contribution is 0.0351. The second kappa shape index (κ2) is 5.03. The van der Waals surface area contributed by atoms with Gasteiger partial charge in [0.25, 0.3) is 0 Å². The minimum atomic E-state index is -1.43. The molecule has 0 bridgehead atoms. The minimum Gasteiger partial charge on any atom is -0.450 e. The Morgan fingerprint density at radius 1 is 1.47 bits per heavy atom. The first-order valence-electron chi connectivity index (χ1n) is 3.99. The van der Waals surface area contributed by atoms with E-state index >= 15 is 0 Å². The van der Waals surface area contributed by atoms with E-state index in [1.54, 1.807) is 0 Å². The molecule has 1 N–H and O–H groups in total. The number of ether oxygens (including phenoxy) is 4. The predicted octanol–water partition coefficient (Wildman–Crippen LogP) is 0.743. The summed E-state index contributed by atoms with van der Waals surface area (Å²) < 4.78 is 17.2. The zero-order valence-corrected chi connectivity index (χ0v) is 7.50. The van der Waals surface area contributed by atoms with Crippen LogP contribution in [0.2, 0.25) is 0 Å². The lowest BCUT2D eigenvalue weighted by Crippen LogP contribution is -2.22. The van der Waals surface area contributed by atoms with Crippen molar-refractivity contribution in [2.75, 3.05) is 13.2 Å². The average Bonchev–Trinajstić information content (AvgIpc) is 2.27. The van der Waals surface area contributed by atoms with E-state index in [-0.39, 0.29) is 19.6 Å². The van der Waals surface area contributed by atoms with Crippen LogP contribution in [0.3, 0.4) is 0 Å². The molecule has 1 heterocycles. The monoisotopic (exact) mass is 220 g/mol. The zero-order chi connectivity index (χ0) is 11.3. The van der Waals surface area contributed by atoms with Crippen molar-refractivity contribution in [3.63, 3.8) is 0 Å². The van der Waals surface area contributed by atoms with Gasteiger partial charge < -0.3 is 24.1 Å². The molecule has 8 heteroatoms. The third kappa shape index (κ3) is 4.16. The lowest BCUT2D eigenvalue weighted by atomic mass is 10.3. The molecule has 1 aliphatic heterocycles. The van der Waals surface area contributed by atoms with Crippen LogP contribution in [0.1, 0.15) is 6.42 Å². The van der Waals surface area contributed by atoms with Gasteiger partial charge in [0.15, 0.2) is 0 Å². The largest absolute Gasteiger partial charge is 0.518 e. The number of carbonyl (C=O) groups is 3. The molecule has 0 amide bonds. The Balaban J connectivity index is 2.31. The van der Waals surface area contributed by atoms with Crippen molar-refractivity contribution in [2.24, 2.45) is 0 Å². The molecule has 1 atom stereocenters.